The van der Waals surface area contributed by atoms with Crippen LogP contribution in [0.25, 0.3) is 10.9 Å². The van der Waals surface area contributed by atoms with E-state index < -0.39 is 45.7 Å². The number of aromatic nitrogens is 1. The highest BCUT2D eigenvalue weighted by atomic mass is 32.2. The van der Waals surface area contributed by atoms with Gasteiger partial charge in [0.05, 0.1) is 31.2 Å². The summed E-state index contributed by atoms with van der Waals surface area (Å²) in [6.45, 7) is 0.199. The largest absolute Gasteiger partial charge is 0.496 e. The number of nitrogens with one attached hydrogen (secondary N) is 1. The topological polar surface area (TPSA) is 104 Å². The first-order chi connectivity index (χ1) is 19.9. The number of hydrogen-bond donors (Lipinski definition) is 1. The number of methoxy groups -OCH3 is 2. The van der Waals surface area contributed by atoms with Crippen molar-refractivity contribution >= 4 is 32.8 Å². The number of hydrogen-bond acceptors (Lipinski definition) is 6. The molecule has 2 atom stereocenters. The molecule has 224 valence electrons. The number of ether oxygens (including phenoxy) is 2. The highest BCUT2D eigenvalue weighted by Crippen LogP contribution is 2.55. The maximum absolute atomic E-state index is 13.2. The average molecular weight is 605 g/mol. The van der Waals surface area contributed by atoms with Gasteiger partial charge >= 0.3 is 12.1 Å². The Morgan fingerprint density at radius 1 is 1.12 bits per heavy atom. The number of esters is 1. The molecule has 0 spiro atoms. The third kappa shape index (κ3) is 4.93. The molecule has 1 N–H and O–H groups in total. The van der Waals surface area contributed by atoms with Gasteiger partial charge in [-0.1, -0.05) is 37.5 Å². The lowest BCUT2D eigenvalue weighted by molar-refractivity contribution is -0.146. The van der Waals surface area contributed by atoms with Gasteiger partial charge in [-0.3, -0.25) is 9.59 Å². The molecule has 2 heterocycles. The van der Waals surface area contributed by atoms with Gasteiger partial charge in [0.15, 0.2) is 5.75 Å². The van der Waals surface area contributed by atoms with Crippen molar-refractivity contribution in [1.29, 1.82) is 0 Å². The zero-order valence-corrected chi connectivity index (χ0v) is 24.0. The standard InChI is InChI=1S/C30H31F3N2O6S/c1-40-23-12-11-17(16-7-4-3-5-8-16)27-20(23)13-22-24-18(9-6-10-19(24)29(37)41-2)25-21(14-35(22)27)26(25)28(36)34-42(38,39)15-30(31,32)33/h6,9,11-13,16,19,24H,3-5,7-8,10,14-15H2,1-2H3,(H,34,36)/t19-,24?/m1/s1. The molecule has 12 heteroatoms. The zero-order chi connectivity index (χ0) is 30.0. The number of amides is 1. The minimum Gasteiger partial charge on any atom is -0.496 e. The van der Waals surface area contributed by atoms with Crippen molar-refractivity contribution in [2.75, 3.05) is 20.0 Å². The highest BCUT2D eigenvalue weighted by molar-refractivity contribution is 7.90. The number of carbonyl (C=O) groups excluding carboxylic acids is 2. The summed E-state index contributed by atoms with van der Waals surface area (Å²) in [5.74, 6) is -3.86. The smallest absolute Gasteiger partial charge is 0.404 e. The van der Waals surface area contributed by atoms with E-state index in [4.69, 9.17) is 9.47 Å². The molecule has 2 aromatic rings. The second-order valence-electron chi connectivity index (χ2n) is 11.3. The molecule has 42 heavy (non-hydrogen) atoms. The molecule has 0 saturated heterocycles. The summed E-state index contributed by atoms with van der Waals surface area (Å²) in [5, 5.41) is 0.872. The monoisotopic (exact) mass is 604 g/mol. The van der Waals surface area contributed by atoms with Crippen molar-refractivity contribution in [3.8, 4) is 5.75 Å². The molecule has 0 radical (unpaired) electrons. The maximum atomic E-state index is 13.2. The van der Waals surface area contributed by atoms with Crippen LogP contribution in [0, 0.1) is 5.92 Å². The van der Waals surface area contributed by atoms with E-state index in [0.717, 1.165) is 47.8 Å². The number of sulfonamides is 1. The van der Waals surface area contributed by atoms with Gasteiger partial charge in [0, 0.05) is 23.5 Å². The molecule has 1 aliphatic heterocycles. The normalized spacial score (nSPS) is 22.3. The number of alkyl halides is 3. The van der Waals surface area contributed by atoms with E-state index in [1.54, 1.807) is 17.9 Å². The number of halogens is 3. The molecule has 1 saturated carbocycles. The summed E-state index contributed by atoms with van der Waals surface area (Å²) >= 11 is 0. The molecule has 4 aliphatic rings. The molecule has 0 bridgehead atoms. The molecule has 1 amide bonds. The summed E-state index contributed by atoms with van der Waals surface area (Å²) in [7, 11) is -2.06. The number of nitrogens with zero attached hydrogens (tertiary/aromatic N) is 1. The molecule has 1 fully saturated rings. The van der Waals surface area contributed by atoms with Gasteiger partial charge in [-0.2, -0.15) is 13.2 Å². The van der Waals surface area contributed by atoms with Crippen LogP contribution in [0.4, 0.5) is 13.2 Å². The fraction of sp³-hybridized carbons (Fsp3) is 0.467. The van der Waals surface area contributed by atoms with Crippen LogP contribution in [-0.2, 0) is 30.9 Å². The predicted molar refractivity (Wildman–Crippen MR) is 148 cm³/mol. The van der Waals surface area contributed by atoms with Crippen LogP contribution >= 0.6 is 0 Å². The van der Waals surface area contributed by atoms with Crippen molar-refractivity contribution < 1.29 is 40.7 Å². The van der Waals surface area contributed by atoms with Crippen molar-refractivity contribution in [2.24, 2.45) is 5.92 Å². The van der Waals surface area contributed by atoms with Gasteiger partial charge in [-0.05, 0) is 59.6 Å². The van der Waals surface area contributed by atoms with Gasteiger partial charge in [-0.15, -0.1) is 0 Å². The Morgan fingerprint density at radius 3 is 2.52 bits per heavy atom. The number of carbonyl (C=O) groups is 2. The summed E-state index contributed by atoms with van der Waals surface area (Å²) in [4.78, 5) is 26.2. The number of benzene rings is 1. The van der Waals surface area contributed by atoms with Gasteiger partial charge in [-0.25, -0.2) is 13.1 Å². The van der Waals surface area contributed by atoms with Crippen LogP contribution in [0.5, 0.6) is 5.75 Å². The quantitative estimate of drug-likeness (QED) is 0.457. The SMILES string of the molecule is COC(=O)[C@@H]1CC=CC2=C3C(=C3C(=O)NS(=O)(=O)CC(F)(F)F)Cn3c(cc4c(OC)ccc(C5CCCCC5)c43)C21. The first-order valence-corrected chi connectivity index (χ1v) is 15.6. The molecule has 1 aromatic carbocycles. The van der Waals surface area contributed by atoms with Gasteiger partial charge in [0.25, 0.3) is 5.91 Å². The van der Waals surface area contributed by atoms with Crippen LogP contribution in [0.1, 0.15) is 61.6 Å². The minimum atomic E-state index is -5.00. The molecular weight excluding hydrogens is 573 g/mol. The Kier molecular flexibility index (Phi) is 7.02. The molecule has 8 nitrogen and oxygen atoms in total. The van der Waals surface area contributed by atoms with Crippen LogP contribution in [0.2, 0.25) is 0 Å². The Bertz CT molecular complexity index is 1690. The highest BCUT2D eigenvalue weighted by Gasteiger charge is 2.48. The summed E-state index contributed by atoms with van der Waals surface area (Å²) < 4.78 is 77.5. The van der Waals surface area contributed by atoms with E-state index in [1.807, 2.05) is 18.2 Å². The lowest BCUT2D eigenvalue weighted by Crippen LogP contribution is -2.37. The van der Waals surface area contributed by atoms with Crippen molar-refractivity contribution in [2.45, 2.75) is 63.1 Å². The third-order valence-electron chi connectivity index (χ3n) is 8.82. The Morgan fingerprint density at radius 2 is 1.86 bits per heavy atom. The van der Waals surface area contributed by atoms with E-state index in [1.165, 1.54) is 13.5 Å². The molecular formula is C30H31F3N2O6S. The lowest BCUT2D eigenvalue weighted by Gasteiger charge is -2.29. The van der Waals surface area contributed by atoms with E-state index >= 15 is 0 Å². The second kappa shape index (κ2) is 10.3. The Labute approximate surface area is 241 Å². The number of fused-ring (bicyclic) bond motifs is 6. The molecule has 6 rings (SSSR count). The Hall–Kier alpha value is -3.54. The van der Waals surface area contributed by atoms with E-state index in [-0.39, 0.29) is 12.1 Å². The molecule has 1 aromatic heterocycles. The van der Waals surface area contributed by atoms with E-state index in [9.17, 15) is 31.2 Å². The fourth-order valence-electron chi connectivity index (χ4n) is 7.09. The van der Waals surface area contributed by atoms with Crippen molar-refractivity contribution in [3.63, 3.8) is 0 Å². The van der Waals surface area contributed by atoms with Crippen LogP contribution in [0.3, 0.4) is 0 Å². The zero-order valence-electron chi connectivity index (χ0n) is 23.2. The van der Waals surface area contributed by atoms with Crippen LogP contribution in [-0.4, -0.2) is 51.0 Å². The number of allylic oxidation sites excluding steroid dienone is 4. The first kappa shape index (κ1) is 28.6. The fourth-order valence-corrected chi connectivity index (χ4v) is 7.98. The van der Waals surface area contributed by atoms with Gasteiger partial charge < -0.3 is 14.0 Å². The maximum Gasteiger partial charge on any atom is 0.404 e. The molecule has 3 aliphatic carbocycles. The second-order valence-corrected chi connectivity index (χ2v) is 13.1. The Balaban J connectivity index is 1.53. The number of rotatable bonds is 6. The van der Waals surface area contributed by atoms with Gasteiger partial charge in [0.1, 0.15) is 5.75 Å². The summed E-state index contributed by atoms with van der Waals surface area (Å²) in [5.41, 5.74) is 4.64. The minimum absolute atomic E-state index is 0.0468. The van der Waals surface area contributed by atoms with Crippen LogP contribution in [0.15, 0.2) is 52.6 Å². The summed E-state index contributed by atoms with van der Waals surface area (Å²) in [6, 6.07) is 6.05. The molecule has 1 unspecified atom stereocenters. The van der Waals surface area contributed by atoms with E-state index in [2.05, 4.69) is 10.6 Å². The van der Waals surface area contributed by atoms with Crippen molar-refractivity contribution in [3.05, 3.63) is 63.9 Å². The third-order valence-corrected chi connectivity index (χ3v) is 10.0. The average Bonchev–Trinajstić information content (AvgIpc) is 3.57. The summed E-state index contributed by atoms with van der Waals surface area (Å²) in [6.07, 6.45) is 4.47. The predicted octanol–water partition coefficient (Wildman–Crippen LogP) is 5.16. The first-order valence-electron chi connectivity index (χ1n) is 14.0. The van der Waals surface area contributed by atoms with Gasteiger partial charge in [0.2, 0.25) is 10.0 Å². The van der Waals surface area contributed by atoms with E-state index in [0.29, 0.717) is 34.8 Å². The van der Waals surface area contributed by atoms with Crippen molar-refractivity contribution in [1.82, 2.24) is 9.29 Å². The lowest BCUT2D eigenvalue weighted by atomic mass is 9.76. The van der Waals surface area contributed by atoms with Crippen LogP contribution < -0.4 is 9.46 Å².